The first-order valence-corrected chi connectivity index (χ1v) is 15.5. The van der Waals surface area contributed by atoms with Crippen LogP contribution in [0.1, 0.15) is 50.3 Å². The van der Waals surface area contributed by atoms with Gasteiger partial charge in [0, 0.05) is 51.2 Å². The Morgan fingerprint density at radius 1 is 0.696 bits per heavy atom. The summed E-state index contributed by atoms with van der Waals surface area (Å²) in [5.74, 6) is 2.51. The molecule has 226 valence electrons. The summed E-state index contributed by atoms with van der Waals surface area (Å²) in [6, 6.07) is 39.0. The number of para-hydroxylation sites is 2. The molecule has 6 heteroatoms. The van der Waals surface area contributed by atoms with Gasteiger partial charge in [-0.3, -0.25) is 0 Å². The second-order valence-electron chi connectivity index (χ2n) is 12.8. The summed E-state index contributed by atoms with van der Waals surface area (Å²) in [7, 11) is 0. The summed E-state index contributed by atoms with van der Waals surface area (Å²) < 4.78 is 11.1. The smallest absolute Gasteiger partial charge is 0.509 e. The molecule has 5 nitrogen and oxygen atoms in total. The van der Waals surface area contributed by atoms with Gasteiger partial charge >= 0.3 is 20.4 Å². The summed E-state index contributed by atoms with van der Waals surface area (Å²) >= 11 is 0. The molecule has 5 heterocycles. The predicted octanol–water partition coefficient (Wildman–Crippen LogP) is 9.82. The molecule has 0 saturated heterocycles. The maximum atomic E-state index is 6.63. The summed E-state index contributed by atoms with van der Waals surface area (Å²) in [5.41, 5.74) is 8.51. The van der Waals surface area contributed by atoms with Gasteiger partial charge in [-0.1, -0.05) is 81.4 Å². The van der Waals surface area contributed by atoms with Crippen LogP contribution in [0.25, 0.3) is 55.2 Å². The molecule has 0 unspecified atom stereocenters. The zero-order chi connectivity index (χ0) is 30.4. The van der Waals surface area contributed by atoms with Crippen LogP contribution in [-0.2, 0) is 25.8 Å². The van der Waals surface area contributed by atoms with Gasteiger partial charge in [-0.25, -0.2) is 9.97 Å². The van der Waals surface area contributed by atoms with E-state index in [9.17, 15) is 0 Å². The molecule has 4 aromatic carbocycles. The molecule has 0 saturated carbocycles. The van der Waals surface area contributed by atoms with E-state index in [4.69, 9.17) is 14.7 Å². The molecule has 0 N–H and O–H groups in total. The van der Waals surface area contributed by atoms with Crippen molar-refractivity contribution in [2.24, 2.45) is 0 Å². The van der Waals surface area contributed by atoms with Crippen LogP contribution in [0.2, 0.25) is 0 Å². The van der Waals surface area contributed by atoms with Gasteiger partial charge in [0.2, 0.25) is 0 Å². The number of nitrogens with zero attached hydrogens (tertiary/aromatic N) is 4. The minimum atomic E-state index is -0.170. The maximum Gasteiger partial charge on any atom is 2.00 e. The van der Waals surface area contributed by atoms with Crippen molar-refractivity contribution in [1.82, 2.24) is 19.1 Å². The summed E-state index contributed by atoms with van der Waals surface area (Å²) in [6.07, 6.45) is 3.72. The number of fused-ring (bicyclic) bond motifs is 8. The van der Waals surface area contributed by atoms with Gasteiger partial charge in [-0.15, -0.1) is 41.3 Å². The van der Waals surface area contributed by atoms with E-state index in [1.807, 2.05) is 30.6 Å². The van der Waals surface area contributed by atoms with Crippen molar-refractivity contribution in [2.45, 2.75) is 39.0 Å². The SMILES string of the molecule is CC(C)c1cc(Oc2[c-]c3c(cc2)c2cccc4c2n3-c2ncccc2C4(C)C)[c-]c(-n2c3ccccc3c3cccnc32)c1.[Pd+2]. The van der Waals surface area contributed by atoms with Crippen LogP contribution in [0.3, 0.4) is 0 Å². The van der Waals surface area contributed by atoms with Gasteiger partial charge in [0.25, 0.3) is 0 Å². The summed E-state index contributed by atoms with van der Waals surface area (Å²) in [5, 5.41) is 4.61. The minimum absolute atomic E-state index is 0. The van der Waals surface area contributed by atoms with Gasteiger partial charge in [-0.05, 0) is 41.1 Å². The monoisotopic (exact) mass is 688 g/mol. The van der Waals surface area contributed by atoms with E-state index in [0.717, 1.165) is 49.9 Å². The Hall–Kier alpha value is -4.76. The molecule has 0 atom stereocenters. The van der Waals surface area contributed by atoms with Crippen LogP contribution < -0.4 is 4.74 Å². The third-order valence-corrected chi connectivity index (χ3v) is 9.43. The van der Waals surface area contributed by atoms with E-state index in [1.54, 1.807) is 0 Å². The van der Waals surface area contributed by atoms with Gasteiger partial charge < -0.3 is 13.9 Å². The second-order valence-corrected chi connectivity index (χ2v) is 12.8. The van der Waals surface area contributed by atoms with Crippen molar-refractivity contribution < 1.29 is 25.2 Å². The quantitative estimate of drug-likeness (QED) is 0.137. The zero-order valence-electron chi connectivity index (χ0n) is 25.9. The standard InChI is InChI=1S/C40H30N4O.Pd/c1-24(2)25-20-26(43-35-15-6-5-10-29(35)32-12-8-18-41-38(32)43)22-28(21-25)45-27-16-17-30-31-11-7-13-33-37(31)44(36(30)23-27)39-34(40(33,3)4)14-9-19-42-39;/h5-21,24H,1-4H3;/q-2;+2. The van der Waals surface area contributed by atoms with Crippen LogP contribution in [-0.4, -0.2) is 19.1 Å². The molecule has 1 aliphatic rings. The predicted molar refractivity (Wildman–Crippen MR) is 181 cm³/mol. The number of hydrogen-bond donors (Lipinski definition) is 0. The molecule has 0 fully saturated rings. The average molecular weight is 689 g/mol. The summed E-state index contributed by atoms with van der Waals surface area (Å²) in [6.45, 7) is 8.96. The normalized spacial score (nSPS) is 13.4. The number of ether oxygens (including phenoxy) is 1. The number of aromatic nitrogens is 4. The fourth-order valence-electron chi connectivity index (χ4n) is 7.17. The van der Waals surface area contributed by atoms with Crippen LogP contribution >= 0.6 is 0 Å². The molecule has 46 heavy (non-hydrogen) atoms. The largest absolute Gasteiger partial charge is 2.00 e. The number of benzene rings is 4. The minimum Gasteiger partial charge on any atom is -0.509 e. The fraction of sp³-hybridized carbons (Fsp3) is 0.150. The topological polar surface area (TPSA) is 44.9 Å². The molecule has 9 rings (SSSR count). The van der Waals surface area contributed by atoms with Crippen molar-refractivity contribution >= 4 is 43.7 Å². The Labute approximate surface area is 281 Å². The molecule has 0 spiro atoms. The van der Waals surface area contributed by atoms with Crippen LogP contribution in [0, 0.1) is 12.1 Å². The average Bonchev–Trinajstić information content (AvgIpc) is 3.57. The Balaban J connectivity index is 0.00000312. The first kappa shape index (κ1) is 28.7. The molecule has 1 aliphatic heterocycles. The Morgan fingerprint density at radius 2 is 1.46 bits per heavy atom. The van der Waals surface area contributed by atoms with Crippen LogP contribution in [0.5, 0.6) is 11.5 Å². The Kier molecular flexibility index (Phi) is 6.48. The van der Waals surface area contributed by atoms with Gasteiger partial charge in [-0.2, -0.15) is 6.07 Å². The zero-order valence-corrected chi connectivity index (χ0v) is 27.5. The number of rotatable bonds is 4. The van der Waals surface area contributed by atoms with E-state index >= 15 is 0 Å². The first-order valence-electron chi connectivity index (χ1n) is 15.5. The molecule has 0 bridgehead atoms. The number of pyridine rings is 2. The van der Waals surface area contributed by atoms with Gasteiger partial charge in [0.05, 0.1) is 5.52 Å². The van der Waals surface area contributed by atoms with Crippen molar-refractivity contribution in [3.8, 4) is 23.0 Å². The number of hydrogen-bond acceptors (Lipinski definition) is 3. The first-order chi connectivity index (χ1) is 21.9. The van der Waals surface area contributed by atoms with Crippen molar-refractivity contribution in [2.75, 3.05) is 0 Å². The summed E-state index contributed by atoms with van der Waals surface area (Å²) in [4.78, 5) is 9.67. The molecule has 4 aromatic heterocycles. The van der Waals surface area contributed by atoms with E-state index < -0.39 is 0 Å². The third kappa shape index (κ3) is 4.04. The van der Waals surface area contributed by atoms with E-state index in [2.05, 4.69) is 122 Å². The maximum absolute atomic E-state index is 6.63. The second kappa shape index (κ2) is 10.4. The molecule has 0 amide bonds. The molecule has 0 radical (unpaired) electrons. The van der Waals surface area contributed by atoms with Gasteiger partial charge in [0.15, 0.2) is 0 Å². The van der Waals surface area contributed by atoms with Gasteiger partial charge in [0.1, 0.15) is 11.5 Å². The Morgan fingerprint density at radius 3 is 2.33 bits per heavy atom. The molecule has 8 aromatic rings. The molecule has 0 aliphatic carbocycles. The van der Waals surface area contributed by atoms with Crippen molar-refractivity contribution in [3.05, 3.63) is 132 Å². The van der Waals surface area contributed by atoms with E-state index in [0.29, 0.717) is 11.5 Å². The Bertz CT molecular complexity index is 2430. The fourth-order valence-corrected chi connectivity index (χ4v) is 7.17. The van der Waals surface area contributed by atoms with Crippen molar-refractivity contribution in [3.63, 3.8) is 0 Å². The van der Waals surface area contributed by atoms with Crippen LogP contribution in [0.15, 0.2) is 103 Å². The molecular formula is C40H30N4OPd. The molecular weight excluding hydrogens is 659 g/mol. The van der Waals surface area contributed by atoms with Crippen LogP contribution in [0.4, 0.5) is 0 Å². The van der Waals surface area contributed by atoms with Crippen molar-refractivity contribution in [1.29, 1.82) is 0 Å². The van der Waals surface area contributed by atoms with E-state index in [1.165, 1.54) is 22.0 Å². The third-order valence-electron chi connectivity index (χ3n) is 9.43. The van der Waals surface area contributed by atoms with E-state index in [-0.39, 0.29) is 31.8 Å².